The molecule has 0 saturated heterocycles. The Bertz CT molecular complexity index is 1090. The number of rotatable bonds is 4. The Hall–Kier alpha value is -3.03. The summed E-state index contributed by atoms with van der Waals surface area (Å²) < 4.78 is 5.84. The molecule has 4 rings (SSSR count). The van der Waals surface area contributed by atoms with Crippen molar-refractivity contribution >= 4 is 17.4 Å². The molecule has 0 amide bonds. The van der Waals surface area contributed by atoms with E-state index in [4.69, 9.17) is 16.3 Å². The summed E-state index contributed by atoms with van der Waals surface area (Å²) >= 11 is 6.03. The molecule has 0 bridgehead atoms. The Kier molecular flexibility index (Phi) is 5.65. The molecule has 1 aliphatic carbocycles. The number of benzene rings is 2. The molecule has 1 aliphatic heterocycles. The van der Waals surface area contributed by atoms with Crippen molar-refractivity contribution in [3.63, 3.8) is 0 Å². The van der Waals surface area contributed by atoms with Gasteiger partial charge in [0.05, 0.1) is 24.2 Å². The highest BCUT2D eigenvalue weighted by Gasteiger charge is 2.39. The van der Waals surface area contributed by atoms with Crippen LogP contribution < -0.4 is 10.1 Å². The molecular formula is C25H23ClN2O2. The second-order valence-corrected chi connectivity index (χ2v) is 8.09. The van der Waals surface area contributed by atoms with Gasteiger partial charge in [0.1, 0.15) is 5.75 Å². The molecule has 1 heterocycles. The average Bonchev–Trinajstić information content (AvgIpc) is 2.74. The minimum atomic E-state index is -0.410. The number of carbonyl (C=O) groups excluding carboxylic acids is 1. The van der Waals surface area contributed by atoms with Crippen molar-refractivity contribution in [2.45, 2.75) is 38.5 Å². The smallest absolute Gasteiger partial charge is 0.162 e. The molecule has 2 atom stereocenters. The quantitative estimate of drug-likeness (QED) is 0.699. The lowest BCUT2D eigenvalue weighted by Crippen LogP contribution is -2.33. The number of ketones is 1. The van der Waals surface area contributed by atoms with E-state index < -0.39 is 5.92 Å². The number of ether oxygens (including phenoxy) is 1. The van der Waals surface area contributed by atoms with Gasteiger partial charge in [-0.05, 0) is 49.9 Å². The summed E-state index contributed by atoms with van der Waals surface area (Å²) in [6.07, 6.45) is 1.12. The lowest BCUT2D eigenvalue weighted by Gasteiger charge is -2.36. The maximum Gasteiger partial charge on any atom is 0.162 e. The van der Waals surface area contributed by atoms with E-state index in [9.17, 15) is 10.1 Å². The fourth-order valence-corrected chi connectivity index (χ4v) is 4.60. The fourth-order valence-electron chi connectivity index (χ4n) is 4.47. The molecule has 2 aromatic rings. The topological polar surface area (TPSA) is 62.1 Å². The summed E-state index contributed by atoms with van der Waals surface area (Å²) in [5.74, 6) is 0.458. The second-order valence-electron chi connectivity index (χ2n) is 7.65. The molecule has 2 unspecified atom stereocenters. The largest absolute Gasteiger partial charge is 0.494 e. The van der Waals surface area contributed by atoms with Gasteiger partial charge in [-0.15, -0.1) is 0 Å². The molecule has 0 fully saturated rings. The molecule has 1 N–H and O–H groups in total. The first kappa shape index (κ1) is 20.3. The summed E-state index contributed by atoms with van der Waals surface area (Å²) in [4.78, 5) is 13.4. The van der Waals surface area contributed by atoms with Crippen LogP contribution in [0.4, 0.5) is 0 Å². The van der Waals surface area contributed by atoms with Crippen molar-refractivity contribution in [3.8, 4) is 11.8 Å². The number of dihydropyridines is 1. The van der Waals surface area contributed by atoms with Gasteiger partial charge < -0.3 is 10.1 Å². The van der Waals surface area contributed by atoms with Gasteiger partial charge in [-0.25, -0.2) is 0 Å². The first-order valence-electron chi connectivity index (χ1n) is 10.1. The van der Waals surface area contributed by atoms with Crippen molar-refractivity contribution in [1.82, 2.24) is 5.32 Å². The molecule has 4 nitrogen and oxygen atoms in total. The summed E-state index contributed by atoms with van der Waals surface area (Å²) in [5, 5.41) is 14.0. The Morgan fingerprint density at radius 2 is 1.90 bits per heavy atom. The monoisotopic (exact) mass is 418 g/mol. The first-order chi connectivity index (χ1) is 14.5. The zero-order valence-electron chi connectivity index (χ0n) is 17.0. The number of halogens is 1. The number of Topliss-reactive ketones (excluding diaryl/α,β-unsaturated/α-hetero) is 1. The van der Waals surface area contributed by atoms with Crippen LogP contribution in [0.3, 0.4) is 0 Å². The van der Waals surface area contributed by atoms with Crippen molar-refractivity contribution in [2.24, 2.45) is 0 Å². The van der Waals surface area contributed by atoms with Crippen LogP contribution in [-0.4, -0.2) is 12.4 Å². The average molecular weight is 419 g/mol. The third kappa shape index (κ3) is 3.62. The van der Waals surface area contributed by atoms with Gasteiger partial charge in [0.2, 0.25) is 0 Å². The van der Waals surface area contributed by atoms with E-state index in [2.05, 4.69) is 11.4 Å². The van der Waals surface area contributed by atoms with Crippen LogP contribution in [0.2, 0.25) is 5.02 Å². The van der Waals surface area contributed by atoms with Crippen LogP contribution in [0.1, 0.15) is 49.7 Å². The van der Waals surface area contributed by atoms with E-state index in [-0.39, 0.29) is 11.7 Å². The number of para-hydroxylation sites is 1. The first-order valence-corrected chi connectivity index (χ1v) is 10.5. The molecule has 0 saturated carbocycles. The van der Waals surface area contributed by atoms with Gasteiger partial charge in [0.25, 0.3) is 0 Å². The molecule has 152 valence electrons. The van der Waals surface area contributed by atoms with Gasteiger partial charge >= 0.3 is 0 Å². The van der Waals surface area contributed by atoms with Gasteiger partial charge in [-0.2, -0.15) is 5.26 Å². The van der Waals surface area contributed by atoms with Crippen LogP contribution >= 0.6 is 11.6 Å². The Morgan fingerprint density at radius 1 is 1.17 bits per heavy atom. The number of hydrogen-bond acceptors (Lipinski definition) is 4. The van der Waals surface area contributed by atoms with E-state index in [1.165, 1.54) is 0 Å². The summed E-state index contributed by atoms with van der Waals surface area (Å²) in [6.45, 7) is 4.35. The Labute approximate surface area is 181 Å². The normalized spacial score (nSPS) is 21.1. The fraction of sp³-hybridized carbons (Fsp3) is 0.280. The van der Waals surface area contributed by atoms with Crippen molar-refractivity contribution < 1.29 is 9.53 Å². The van der Waals surface area contributed by atoms with Crippen molar-refractivity contribution in [1.29, 1.82) is 5.26 Å². The Morgan fingerprint density at radius 3 is 2.60 bits per heavy atom. The number of allylic oxidation sites excluding steroid dienone is 4. The van der Waals surface area contributed by atoms with E-state index >= 15 is 0 Å². The third-order valence-corrected chi connectivity index (χ3v) is 6.07. The summed E-state index contributed by atoms with van der Waals surface area (Å²) in [6, 6.07) is 17.7. The van der Waals surface area contributed by atoms with E-state index in [0.717, 1.165) is 22.5 Å². The van der Waals surface area contributed by atoms with Crippen LogP contribution in [0.15, 0.2) is 71.1 Å². The van der Waals surface area contributed by atoms with Crippen LogP contribution in [0, 0.1) is 11.3 Å². The van der Waals surface area contributed by atoms with Gasteiger partial charge in [0.15, 0.2) is 5.78 Å². The number of nitrogens with zero attached hydrogens (tertiary/aromatic N) is 1. The minimum Gasteiger partial charge on any atom is -0.494 e. The lowest BCUT2D eigenvalue weighted by molar-refractivity contribution is -0.116. The maximum atomic E-state index is 13.4. The third-order valence-electron chi connectivity index (χ3n) is 5.82. The molecule has 30 heavy (non-hydrogen) atoms. The number of hydrogen-bond donors (Lipinski definition) is 1. The molecular weight excluding hydrogens is 396 g/mol. The summed E-state index contributed by atoms with van der Waals surface area (Å²) in [5.41, 5.74) is 4.91. The predicted octanol–water partition coefficient (Wildman–Crippen LogP) is 5.62. The second kappa shape index (κ2) is 8.38. The SMILES string of the molecule is CCOc1ccccc1C1C(C#N)=C(C)NC2=C1C(=O)CC(c1ccc(Cl)cc1)C2. The summed E-state index contributed by atoms with van der Waals surface area (Å²) in [7, 11) is 0. The van der Waals surface area contributed by atoms with Gasteiger partial charge in [0, 0.05) is 34.0 Å². The van der Waals surface area contributed by atoms with Gasteiger partial charge in [-0.1, -0.05) is 41.9 Å². The van der Waals surface area contributed by atoms with Crippen molar-refractivity contribution in [2.75, 3.05) is 6.61 Å². The molecule has 5 heteroatoms. The highest BCUT2D eigenvalue weighted by atomic mass is 35.5. The standard InChI is InChI=1S/C25H23ClN2O2/c1-3-30-23-7-5-4-6-19(23)24-20(14-27)15(2)28-21-12-17(13-22(29)25(21)24)16-8-10-18(26)11-9-16/h4-11,17,24,28H,3,12-13H2,1-2H3. The molecule has 2 aromatic carbocycles. The number of nitriles is 1. The van der Waals surface area contributed by atoms with Crippen molar-refractivity contribution in [3.05, 3.63) is 87.2 Å². The van der Waals surface area contributed by atoms with Gasteiger partial charge in [-0.3, -0.25) is 4.79 Å². The highest BCUT2D eigenvalue weighted by Crippen LogP contribution is 2.47. The highest BCUT2D eigenvalue weighted by molar-refractivity contribution is 6.30. The predicted molar refractivity (Wildman–Crippen MR) is 117 cm³/mol. The molecule has 0 aromatic heterocycles. The minimum absolute atomic E-state index is 0.0697. The van der Waals surface area contributed by atoms with Crippen LogP contribution in [0.5, 0.6) is 5.75 Å². The Balaban J connectivity index is 1.80. The zero-order chi connectivity index (χ0) is 21.3. The molecule has 0 spiro atoms. The van der Waals surface area contributed by atoms with E-state index in [1.54, 1.807) is 0 Å². The maximum absolute atomic E-state index is 13.4. The van der Waals surface area contributed by atoms with Crippen LogP contribution in [-0.2, 0) is 4.79 Å². The molecule has 2 aliphatic rings. The lowest BCUT2D eigenvalue weighted by atomic mass is 9.72. The van der Waals surface area contributed by atoms with E-state index in [0.29, 0.717) is 41.4 Å². The van der Waals surface area contributed by atoms with Crippen LogP contribution in [0.25, 0.3) is 0 Å². The molecule has 0 radical (unpaired) electrons. The van der Waals surface area contributed by atoms with E-state index in [1.807, 2.05) is 62.4 Å². The zero-order valence-corrected chi connectivity index (χ0v) is 17.8. The number of nitrogens with one attached hydrogen (secondary N) is 1. The number of carbonyl (C=O) groups is 1.